The van der Waals surface area contributed by atoms with E-state index in [1.165, 1.54) is 0 Å². The van der Waals surface area contributed by atoms with Crippen LogP contribution in [-0.4, -0.2) is 25.1 Å². The summed E-state index contributed by atoms with van der Waals surface area (Å²) in [5, 5.41) is 3.16. The number of anilines is 1. The van der Waals surface area contributed by atoms with Crippen molar-refractivity contribution in [3.05, 3.63) is 82.3 Å². The molecule has 0 saturated heterocycles. The van der Waals surface area contributed by atoms with Crippen LogP contribution in [0.3, 0.4) is 0 Å². The van der Waals surface area contributed by atoms with Crippen LogP contribution in [0.1, 0.15) is 12.8 Å². The molecule has 0 saturated carbocycles. The third-order valence-corrected chi connectivity index (χ3v) is 4.95. The van der Waals surface area contributed by atoms with Crippen LogP contribution >= 0.6 is 27.5 Å². The first-order valence-electron chi connectivity index (χ1n) is 9.86. The highest BCUT2D eigenvalue weighted by atomic mass is 79.9. The van der Waals surface area contributed by atoms with Gasteiger partial charge in [0.1, 0.15) is 17.2 Å². The van der Waals surface area contributed by atoms with Gasteiger partial charge < -0.3 is 19.5 Å². The number of rotatable bonds is 10. The van der Waals surface area contributed by atoms with Crippen LogP contribution in [0.25, 0.3) is 0 Å². The molecule has 8 heteroatoms. The highest BCUT2D eigenvalue weighted by Gasteiger charge is 2.09. The Morgan fingerprint density at radius 3 is 2.38 bits per heavy atom. The van der Waals surface area contributed by atoms with Gasteiger partial charge in [0, 0.05) is 16.6 Å². The minimum Gasteiger partial charge on any atom is -0.492 e. The van der Waals surface area contributed by atoms with Gasteiger partial charge in [-0.1, -0.05) is 45.7 Å². The highest BCUT2D eigenvalue weighted by Crippen LogP contribution is 2.28. The van der Waals surface area contributed by atoms with Crippen molar-refractivity contribution in [3.8, 4) is 17.2 Å². The molecule has 0 unspecified atom stereocenters. The van der Waals surface area contributed by atoms with Crippen LogP contribution in [-0.2, 0) is 14.3 Å². The van der Waals surface area contributed by atoms with Gasteiger partial charge in [-0.05, 0) is 61.0 Å². The summed E-state index contributed by atoms with van der Waals surface area (Å²) in [5.74, 6) is 1.02. The molecule has 0 aliphatic rings. The van der Waals surface area contributed by atoms with Crippen LogP contribution in [0.2, 0.25) is 5.02 Å². The maximum Gasteiger partial charge on any atom is 0.306 e. The molecule has 0 fully saturated rings. The average Bonchev–Trinajstić information content (AvgIpc) is 2.78. The molecule has 0 bridgehead atoms. The first-order valence-corrected chi connectivity index (χ1v) is 11.0. The van der Waals surface area contributed by atoms with Gasteiger partial charge >= 0.3 is 5.97 Å². The molecule has 3 aromatic rings. The zero-order valence-electron chi connectivity index (χ0n) is 17.1. The predicted octanol–water partition coefficient (Wildman–Crippen LogP) is 6.24. The summed E-state index contributed by atoms with van der Waals surface area (Å²) in [6.45, 7) is -0.0550. The van der Waals surface area contributed by atoms with Gasteiger partial charge in [0.25, 0.3) is 5.91 Å². The average molecular weight is 519 g/mol. The number of hydrogen-bond donors (Lipinski definition) is 1. The van der Waals surface area contributed by atoms with Crippen LogP contribution in [0.5, 0.6) is 17.2 Å². The van der Waals surface area contributed by atoms with Gasteiger partial charge in [-0.2, -0.15) is 0 Å². The Kier molecular flexibility index (Phi) is 8.95. The fourth-order valence-electron chi connectivity index (χ4n) is 2.64. The Morgan fingerprint density at radius 1 is 0.938 bits per heavy atom. The van der Waals surface area contributed by atoms with E-state index in [1.807, 2.05) is 36.4 Å². The molecule has 0 aliphatic carbocycles. The number of para-hydroxylation sites is 1. The SMILES string of the molecule is O=C(COC(=O)CCCOc1ccc(Br)cc1Cl)Nc1ccc(Oc2ccccc2)cc1. The standard InChI is InChI=1S/C24H21BrClNO5/c25-17-8-13-22(21(26)15-17)30-14-4-7-24(29)31-16-23(28)27-18-9-11-20(12-10-18)32-19-5-2-1-3-6-19/h1-3,5-6,8-13,15H,4,7,14,16H2,(H,27,28). The van der Waals surface area contributed by atoms with E-state index in [0.29, 0.717) is 35.2 Å². The third-order valence-electron chi connectivity index (χ3n) is 4.16. The van der Waals surface area contributed by atoms with Crippen molar-refractivity contribution < 1.29 is 23.8 Å². The largest absolute Gasteiger partial charge is 0.492 e. The molecule has 1 N–H and O–H groups in total. The van der Waals surface area contributed by atoms with E-state index >= 15 is 0 Å². The Morgan fingerprint density at radius 2 is 1.66 bits per heavy atom. The van der Waals surface area contributed by atoms with Crippen LogP contribution in [0.15, 0.2) is 77.3 Å². The lowest BCUT2D eigenvalue weighted by molar-refractivity contribution is -0.147. The van der Waals surface area contributed by atoms with Crippen molar-refractivity contribution in [2.24, 2.45) is 0 Å². The lowest BCUT2D eigenvalue weighted by Crippen LogP contribution is -2.21. The molecule has 0 atom stereocenters. The Balaban J connectivity index is 1.33. The summed E-state index contributed by atoms with van der Waals surface area (Å²) in [6, 6.07) is 21.6. The zero-order valence-corrected chi connectivity index (χ0v) is 19.4. The minimum absolute atomic E-state index is 0.132. The van der Waals surface area contributed by atoms with Crippen molar-refractivity contribution in [2.75, 3.05) is 18.5 Å². The molecule has 3 rings (SSSR count). The summed E-state index contributed by atoms with van der Waals surface area (Å²) in [7, 11) is 0. The van der Waals surface area contributed by atoms with Crippen molar-refractivity contribution in [2.45, 2.75) is 12.8 Å². The quantitative estimate of drug-likeness (QED) is 0.254. The predicted molar refractivity (Wildman–Crippen MR) is 126 cm³/mol. The minimum atomic E-state index is -0.475. The number of amides is 1. The maximum atomic E-state index is 12.0. The van der Waals surface area contributed by atoms with E-state index in [4.69, 9.17) is 25.8 Å². The molecule has 0 aliphatic heterocycles. The molecule has 32 heavy (non-hydrogen) atoms. The molecule has 0 radical (unpaired) electrons. The number of halogens is 2. The number of nitrogens with one attached hydrogen (secondary N) is 1. The Bertz CT molecular complexity index is 1040. The van der Waals surface area contributed by atoms with Crippen LogP contribution in [0, 0.1) is 0 Å². The summed E-state index contributed by atoms with van der Waals surface area (Å²) in [4.78, 5) is 23.8. The lowest BCUT2D eigenvalue weighted by Gasteiger charge is -2.09. The van der Waals surface area contributed by atoms with E-state index in [1.54, 1.807) is 36.4 Å². The second kappa shape index (κ2) is 12.1. The number of ether oxygens (including phenoxy) is 3. The van der Waals surface area contributed by atoms with Crippen molar-refractivity contribution in [3.63, 3.8) is 0 Å². The molecule has 0 aromatic heterocycles. The van der Waals surface area contributed by atoms with Gasteiger partial charge in [-0.3, -0.25) is 9.59 Å². The molecule has 0 spiro atoms. The maximum absolute atomic E-state index is 12.0. The second-order valence-corrected chi connectivity index (χ2v) is 8.00. The number of carbonyl (C=O) groups is 2. The van der Waals surface area contributed by atoms with Crippen LogP contribution in [0.4, 0.5) is 5.69 Å². The normalized spacial score (nSPS) is 10.3. The third kappa shape index (κ3) is 7.90. The molecular weight excluding hydrogens is 498 g/mol. The molecule has 6 nitrogen and oxygen atoms in total. The number of esters is 1. The van der Waals surface area contributed by atoms with Gasteiger partial charge in [0.05, 0.1) is 11.6 Å². The second-order valence-electron chi connectivity index (χ2n) is 6.68. The first kappa shape index (κ1) is 23.6. The van der Waals surface area contributed by atoms with E-state index in [-0.39, 0.29) is 13.0 Å². The topological polar surface area (TPSA) is 73.9 Å². The highest BCUT2D eigenvalue weighted by molar-refractivity contribution is 9.10. The van der Waals surface area contributed by atoms with Crippen molar-refractivity contribution >= 4 is 45.1 Å². The van der Waals surface area contributed by atoms with Gasteiger partial charge in [0.2, 0.25) is 0 Å². The fourth-order valence-corrected chi connectivity index (χ4v) is 3.37. The van der Waals surface area contributed by atoms with Gasteiger partial charge in [0.15, 0.2) is 6.61 Å². The summed E-state index contributed by atoms with van der Waals surface area (Å²) in [5.41, 5.74) is 0.575. The van der Waals surface area contributed by atoms with Gasteiger partial charge in [-0.25, -0.2) is 0 Å². The van der Waals surface area contributed by atoms with Crippen molar-refractivity contribution in [1.29, 1.82) is 0 Å². The monoisotopic (exact) mass is 517 g/mol. The first-order chi connectivity index (χ1) is 15.5. The lowest BCUT2D eigenvalue weighted by atomic mass is 10.3. The fraction of sp³-hybridized carbons (Fsp3) is 0.167. The van der Waals surface area contributed by atoms with E-state index in [0.717, 1.165) is 10.2 Å². The number of carbonyl (C=O) groups excluding carboxylic acids is 2. The van der Waals surface area contributed by atoms with Crippen molar-refractivity contribution in [1.82, 2.24) is 0 Å². The number of hydrogen-bond acceptors (Lipinski definition) is 5. The zero-order chi connectivity index (χ0) is 22.8. The molecule has 0 heterocycles. The van der Waals surface area contributed by atoms with E-state index < -0.39 is 11.9 Å². The summed E-state index contributed by atoms with van der Waals surface area (Å²) < 4.78 is 17.1. The number of benzene rings is 3. The van der Waals surface area contributed by atoms with Gasteiger partial charge in [-0.15, -0.1) is 0 Å². The summed E-state index contributed by atoms with van der Waals surface area (Å²) >= 11 is 9.39. The Labute approximate surface area is 199 Å². The molecular formula is C24H21BrClNO5. The van der Waals surface area contributed by atoms with E-state index in [2.05, 4.69) is 21.2 Å². The summed E-state index contributed by atoms with van der Waals surface area (Å²) in [6.07, 6.45) is 0.572. The van der Waals surface area contributed by atoms with E-state index in [9.17, 15) is 9.59 Å². The molecule has 1 amide bonds. The Hall–Kier alpha value is -3.03. The smallest absolute Gasteiger partial charge is 0.306 e. The molecule has 3 aromatic carbocycles. The van der Waals surface area contributed by atoms with Crippen LogP contribution < -0.4 is 14.8 Å². The molecule has 166 valence electrons.